The number of likely N-dealkylation sites (tertiary alicyclic amines) is 2. The molecular weight excluding hydrogens is 468 g/mol. The van der Waals surface area contributed by atoms with Gasteiger partial charge >= 0.3 is 0 Å². The SMILES string of the molecule is CCSc1nc2cc(Cl)ccc2n1C1CCN(C(=O)C2CCN(C/C(C=N)=C/C=N)CC2)CC1. The van der Waals surface area contributed by atoms with E-state index < -0.39 is 0 Å². The van der Waals surface area contributed by atoms with E-state index in [-0.39, 0.29) is 5.92 Å². The maximum atomic E-state index is 13.2. The first-order valence-electron chi connectivity index (χ1n) is 12.1. The number of aromatic nitrogens is 2. The van der Waals surface area contributed by atoms with Crippen LogP contribution >= 0.6 is 23.4 Å². The number of carbonyl (C=O) groups is 1. The number of hydrogen-bond acceptors (Lipinski definition) is 6. The van der Waals surface area contributed by atoms with Gasteiger partial charge in [0, 0.05) is 49.0 Å². The molecule has 1 amide bonds. The van der Waals surface area contributed by atoms with Gasteiger partial charge in [0.1, 0.15) is 0 Å². The van der Waals surface area contributed by atoms with E-state index in [0.29, 0.717) is 23.5 Å². The average Bonchev–Trinajstić information content (AvgIpc) is 3.21. The van der Waals surface area contributed by atoms with Crippen LogP contribution < -0.4 is 0 Å². The number of amides is 1. The molecule has 0 aliphatic carbocycles. The van der Waals surface area contributed by atoms with Crippen molar-refractivity contribution in [3.63, 3.8) is 0 Å². The molecule has 2 aromatic rings. The standard InChI is InChI=1S/C25H33ClN6OS/c1-2-34-25-29-22-15-20(26)3-4-23(22)32(25)21-8-13-31(14-9-21)24(33)19-6-11-30(12-7-19)17-18(16-28)5-10-27/h3-5,10,15-16,19,21,27-28H,2,6-9,11-14,17H2,1H3/b18-5+,27-10?,28-16?. The van der Waals surface area contributed by atoms with E-state index in [1.807, 2.05) is 12.1 Å². The molecule has 0 saturated carbocycles. The number of thioether (sulfide) groups is 1. The highest BCUT2D eigenvalue weighted by Crippen LogP contribution is 2.34. The van der Waals surface area contributed by atoms with E-state index in [2.05, 4.69) is 27.4 Å². The van der Waals surface area contributed by atoms with Gasteiger partial charge in [0.15, 0.2) is 5.16 Å². The second-order valence-corrected chi connectivity index (χ2v) is 10.7. The molecule has 1 aromatic carbocycles. The van der Waals surface area contributed by atoms with E-state index in [0.717, 1.165) is 79.4 Å². The maximum Gasteiger partial charge on any atom is 0.225 e. The minimum absolute atomic E-state index is 0.0883. The van der Waals surface area contributed by atoms with Crippen LogP contribution in [-0.4, -0.2) is 76.2 Å². The zero-order chi connectivity index (χ0) is 24.1. The largest absolute Gasteiger partial charge is 0.342 e. The summed E-state index contributed by atoms with van der Waals surface area (Å²) in [6.45, 7) is 6.10. The number of halogens is 1. The highest BCUT2D eigenvalue weighted by Gasteiger charge is 2.32. The lowest BCUT2D eigenvalue weighted by atomic mass is 9.93. The van der Waals surface area contributed by atoms with Crippen molar-refractivity contribution in [3.8, 4) is 0 Å². The first kappa shape index (κ1) is 24.9. The van der Waals surface area contributed by atoms with E-state index in [1.54, 1.807) is 17.8 Å². The van der Waals surface area contributed by atoms with Crippen LogP contribution in [0.25, 0.3) is 11.0 Å². The first-order chi connectivity index (χ1) is 16.5. The predicted octanol–water partition coefficient (Wildman–Crippen LogP) is 4.90. The molecule has 2 N–H and O–H groups in total. The predicted molar refractivity (Wildman–Crippen MR) is 141 cm³/mol. The normalized spacial score (nSPS) is 19.0. The number of hydrogen-bond donors (Lipinski definition) is 2. The zero-order valence-corrected chi connectivity index (χ0v) is 21.2. The van der Waals surface area contributed by atoms with E-state index >= 15 is 0 Å². The maximum absolute atomic E-state index is 13.2. The highest BCUT2D eigenvalue weighted by molar-refractivity contribution is 7.99. The van der Waals surface area contributed by atoms with Crippen LogP contribution in [0.15, 0.2) is 35.0 Å². The molecule has 3 heterocycles. The van der Waals surface area contributed by atoms with Gasteiger partial charge in [-0.2, -0.15) is 0 Å². The van der Waals surface area contributed by atoms with Crippen molar-refractivity contribution in [1.29, 1.82) is 10.8 Å². The molecule has 7 nitrogen and oxygen atoms in total. The van der Waals surface area contributed by atoms with E-state index in [9.17, 15) is 4.79 Å². The number of benzene rings is 1. The Morgan fingerprint density at radius 3 is 2.56 bits per heavy atom. The van der Waals surface area contributed by atoms with Crippen LogP contribution in [0, 0.1) is 16.7 Å². The minimum atomic E-state index is 0.0883. The fourth-order valence-corrected chi connectivity index (χ4v) is 6.06. The van der Waals surface area contributed by atoms with Gasteiger partial charge in [0.2, 0.25) is 5.91 Å². The van der Waals surface area contributed by atoms with Gasteiger partial charge in [0.25, 0.3) is 0 Å². The number of nitrogens with one attached hydrogen (secondary N) is 2. The van der Waals surface area contributed by atoms with Crippen LogP contribution in [0.5, 0.6) is 0 Å². The smallest absolute Gasteiger partial charge is 0.225 e. The molecule has 2 aliphatic rings. The van der Waals surface area contributed by atoms with Crippen LogP contribution in [0.4, 0.5) is 0 Å². The summed E-state index contributed by atoms with van der Waals surface area (Å²) in [4.78, 5) is 22.4. The lowest BCUT2D eigenvalue weighted by Crippen LogP contribution is -2.46. The fourth-order valence-electron chi connectivity index (χ4n) is 5.09. The third-order valence-corrected chi connectivity index (χ3v) is 7.93. The summed E-state index contributed by atoms with van der Waals surface area (Å²) >= 11 is 7.96. The molecule has 2 aliphatic heterocycles. The molecule has 9 heteroatoms. The lowest BCUT2D eigenvalue weighted by Gasteiger charge is -2.38. The molecule has 0 unspecified atom stereocenters. The summed E-state index contributed by atoms with van der Waals surface area (Å²) in [6.07, 6.45) is 7.80. The van der Waals surface area contributed by atoms with Gasteiger partial charge in [0.05, 0.1) is 11.0 Å². The molecule has 182 valence electrons. The molecular formula is C25H33ClN6OS. The number of rotatable bonds is 8. The van der Waals surface area contributed by atoms with Gasteiger partial charge in [-0.25, -0.2) is 4.98 Å². The van der Waals surface area contributed by atoms with Crippen molar-refractivity contribution < 1.29 is 4.79 Å². The van der Waals surface area contributed by atoms with Crippen LogP contribution in [0.3, 0.4) is 0 Å². The van der Waals surface area contributed by atoms with E-state index in [4.69, 9.17) is 27.4 Å². The Morgan fingerprint density at radius 1 is 1.18 bits per heavy atom. The second-order valence-electron chi connectivity index (χ2n) is 8.99. The van der Waals surface area contributed by atoms with Crippen molar-refractivity contribution in [1.82, 2.24) is 19.4 Å². The molecule has 0 bridgehead atoms. The van der Waals surface area contributed by atoms with Crippen molar-refractivity contribution in [2.24, 2.45) is 5.92 Å². The number of fused-ring (bicyclic) bond motifs is 1. The lowest BCUT2D eigenvalue weighted by molar-refractivity contribution is -0.138. The average molecular weight is 501 g/mol. The monoisotopic (exact) mass is 500 g/mol. The molecule has 0 atom stereocenters. The molecule has 0 radical (unpaired) electrons. The summed E-state index contributed by atoms with van der Waals surface area (Å²) in [5, 5.41) is 16.4. The van der Waals surface area contributed by atoms with Gasteiger partial charge in [-0.05, 0) is 74.4 Å². The van der Waals surface area contributed by atoms with Crippen LogP contribution in [0.2, 0.25) is 5.02 Å². The number of piperidine rings is 2. The van der Waals surface area contributed by atoms with Gasteiger partial charge in [-0.3, -0.25) is 9.69 Å². The Hall–Kier alpha value is -2.16. The van der Waals surface area contributed by atoms with E-state index in [1.165, 1.54) is 12.4 Å². The number of nitrogens with zero attached hydrogens (tertiary/aromatic N) is 4. The van der Waals surface area contributed by atoms with Crippen molar-refractivity contribution >= 4 is 52.7 Å². The fraction of sp³-hybridized carbons (Fsp3) is 0.520. The zero-order valence-electron chi connectivity index (χ0n) is 19.7. The summed E-state index contributed by atoms with van der Waals surface area (Å²) in [5.41, 5.74) is 2.89. The Bertz CT molecular complexity index is 1070. The molecule has 4 rings (SSSR count). The van der Waals surface area contributed by atoms with Crippen LogP contribution in [-0.2, 0) is 4.79 Å². The molecule has 0 spiro atoms. The third-order valence-electron chi connectivity index (χ3n) is 6.86. The molecule has 1 aromatic heterocycles. The number of imidazole rings is 1. The Labute approximate surface area is 210 Å². The molecule has 2 fully saturated rings. The van der Waals surface area contributed by atoms with Crippen molar-refractivity contribution in [2.75, 3.05) is 38.5 Å². The number of allylic oxidation sites excluding steroid dienone is 1. The van der Waals surface area contributed by atoms with Crippen molar-refractivity contribution in [2.45, 2.75) is 43.8 Å². The van der Waals surface area contributed by atoms with Gasteiger partial charge < -0.3 is 20.3 Å². The molecule has 2 saturated heterocycles. The first-order valence-corrected chi connectivity index (χ1v) is 13.4. The second kappa shape index (κ2) is 11.5. The van der Waals surface area contributed by atoms with Gasteiger partial charge in [-0.15, -0.1) is 0 Å². The Morgan fingerprint density at radius 2 is 1.91 bits per heavy atom. The summed E-state index contributed by atoms with van der Waals surface area (Å²) < 4.78 is 2.36. The van der Waals surface area contributed by atoms with Gasteiger partial charge in [-0.1, -0.05) is 30.3 Å². The minimum Gasteiger partial charge on any atom is -0.342 e. The third kappa shape index (κ3) is 5.56. The Kier molecular flexibility index (Phi) is 8.45. The van der Waals surface area contributed by atoms with Crippen molar-refractivity contribution in [3.05, 3.63) is 34.9 Å². The summed E-state index contributed by atoms with van der Waals surface area (Å²) in [6, 6.07) is 6.27. The quantitative estimate of drug-likeness (QED) is 0.398. The summed E-state index contributed by atoms with van der Waals surface area (Å²) in [5.74, 6) is 1.35. The highest BCUT2D eigenvalue weighted by atomic mass is 35.5. The number of carbonyl (C=O) groups excluding carboxylic acids is 1. The topological polar surface area (TPSA) is 89.1 Å². The summed E-state index contributed by atoms with van der Waals surface area (Å²) in [7, 11) is 0. The Balaban J connectivity index is 1.35. The molecule has 34 heavy (non-hydrogen) atoms. The van der Waals surface area contributed by atoms with Crippen LogP contribution in [0.1, 0.15) is 38.6 Å².